The fraction of sp³-hybridized carbons (Fsp3) is 0.750. The van der Waals surface area contributed by atoms with Crippen molar-refractivity contribution in [2.45, 2.75) is 70.8 Å². The van der Waals surface area contributed by atoms with E-state index in [2.05, 4.69) is 24.1 Å². The van der Waals surface area contributed by atoms with Crippen LogP contribution in [0.25, 0.3) is 0 Å². The summed E-state index contributed by atoms with van der Waals surface area (Å²) in [5.41, 5.74) is 6.79. The highest BCUT2D eigenvalue weighted by Crippen LogP contribution is 2.37. The minimum Gasteiger partial charge on any atom is -0.349 e. The van der Waals surface area contributed by atoms with Gasteiger partial charge in [0.05, 0.1) is 10.7 Å². The van der Waals surface area contributed by atoms with Crippen LogP contribution in [-0.2, 0) is 0 Å². The van der Waals surface area contributed by atoms with Crippen molar-refractivity contribution in [3.8, 4) is 0 Å². The van der Waals surface area contributed by atoms with Crippen molar-refractivity contribution >= 4 is 17.2 Å². The molecule has 0 radical (unpaired) electrons. The predicted octanol–water partition coefficient (Wildman–Crippen LogP) is 3.36. The Morgan fingerprint density at radius 1 is 1.38 bits per heavy atom. The summed E-state index contributed by atoms with van der Waals surface area (Å²) in [6.45, 7) is 6.58. The number of nitrogens with zero attached hydrogens (tertiary/aromatic N) is 1. The third-order valence-corrected chi connectivity index (χ3v) is 6.05. The van der Waals surface area contributed by atoms with Gasteiger partial charge in [-0.1, -0.05) is 26.7 Å². The Labute approximate surface area is 131 Å². The van der Waals surface area contributed by atoms with Gasteiger partial charge in [0.15, 0.2) is 0 Å². The van der Waals surface area contributed by atoms with Crippen molar-refractivity contribution in [3.05, 3.63) is 15.6 Å². The second-order valence-electron chi connectivity index (χ2n) is 6.20. The van der Waals surface area contributed by atoms with Crippen LogP contribution >= 0.6 is 11.3 Å². The molecular weight excluding hydrogens is 282 g/mol. The Morgan fingerprint density at radius 3 is 2.57 bits per heavy atom. The molecule has 1 aliphatic carbocycles. The summed E-state index contributed by atoms with van der Waals surface area (Å²) in [6, 6.07) is 0. The van der Waals surface area contributed by atoms with E-state index in [4.69, 9.17) is 5.73 Å². The van der Waals surface area contributed by atoms with E-state index < -0.39 is 0 Å². The number of nitrogens with one attached hydrogen (secondary N) is 1. The Morgan fingerprint density at radius 2 is 2.00 bits per heavy atom. The molecule has 3 N–H and O–H groups in total. The number of nitrogens with two attached hydrogens (primary N) is 1. The van der Waals surface area contributed by atoms with Gasteiger partial charge in [-0.3, -0.25) is 4.79 Å². The molecule has 5 heteroatoms. The highest BCUT2D eigenvalue weighted by atomic mass is 32.1. The summed E-state index contributed by atoms with van der Waals surface area (Å²) in [5.74, 6) is 0.543. The minimum atomic E-state index is -0.303. The van der Waals surface area contributed by atoms with E-state index in [1.54, 1.807) is 11.3 Å². The lowest BCUT2D eigenvalue weighted by Crippen LogP contribution is -2.49. The second-order valence-corrected chi connectivity index (χ2v) is 7.23. The molecule has 0 spiro atoms. The molecule has 0 aliphatic heterocycles. The second kappa shape index (κ2) is 6.88. The van der Waals surface area contributed by atoms with E-state index in [1.807, 2.05) is 6.92 Å². The maximum absolute atomic E-state index is 12.4. The van der Waals surface area contributed by atoms with Crippen LogP contribution in [0.2, 0.25) is 0 Å². The molecule has 1 heterocycles. The normalized spacial score (nSPS) is 16.4. The van der Waals surface area contributed by atoms with Gasteiger partial charge in [-0.25, -0.2) is 4.98 Å². The summed E-state index contributed by atoms with van der Waals surface area (Å²) in [6.07, 6.45) is 6.72. The van der Waals surface area contributed by atoms with Gasteiger partial charge in [-0.15, -0.1) is 11.3 Å². The van der Waals surface area contributed by atoms with Crippen molar-refractivity contribution in [2.75, 3.05) is 6.54 Å². The van der Waals surface area contributed by atoms with Crippen molar-refractivity contribution in [1.29, 1.82) is 0 Å². The zero-order chi connectivity index (χ0) is 15.5. The maximum Gasteiger partial charge on any atom is 0.263 e. The van der Waals surface area contributed by atoms with Crippen molar-refractivity contribution in [2.24, 2.45) is 5.73 Å². The minimum absolute atomic E-state index is 0.0222. The highest BCUT2D eigenvalue weighted by molar-refractivity contribution is 7.13. The molecule has 1 aromatic heterocycles. The topological polar surface area (TPSA) is 68.0 Å². The first-order valence-corrected chi connectivity index (χ1v) is 8.85. The van der Waals surface area contributed by atoms with Crippen LogP contribution in [0.4, 0.5) is 0 Å². The summed E-state index contributed by atoms with van der Waals surface area (Å²) in [7, 11) is 0. The van der Waals surface area contributed by atoms with Gasteiger partial charge in [-0.05, 0) is 32.6 Å². The molecule has 21 heavy (non-hydrogen) atoms. The number of amides is 1. The van der Waals surface area contributed by atoms with Gasteiger partial charge in [0.1, 0.15) is 4.88 Å². The molecule has 1 aromatic rings. The lowest BCUT2D eigenvalue weighted by molar-refractivity contribution is 0.0945. The van der Waals surface area contributed by atoms with Gasteiger partial charge in [0.2, 0.25) is 0 Å². The smallest absolute Gasteiger partial charge is 0.263 e. The molecule has 1 amide bonds. The summed E-state index contributed by atoms with van der Waals surface area (Å²) in [5, 5.41) is 4.13. The standard InChI is InChI=1S/C16H27N3OS/c1-4-16(17,5-2)10-18-14(20)13-11(3)19-15(21-13)12-8-6-7-9-12/h12H,4-10,17H2,1-3H3,(H,18,20). The molecule has 1 fully saturated rings. The number of aryl methyl sites for hydroxylation is 1. The van der Waals surface area contributed by atoms with E-state index in [0.717, 1.165) is 28.4 Å². The SMILES string of the molecule is CCC(N)(CC)CNC(=O)c1sc(C2CCCC2)nc1C. The first-order chi connectivity index (χ1) is 9.99. The van der Waals surface area contributed by atoms with Crippen molar-refractivity contribution < 1.29 is 4.79 Å². The predicted molar refractivity (Wildman–Crippen MR) is 87.9 cm³/mol. The molecule has 1 aliphatic rings. The lowest BCUT2D eigenvalue weighted by Gasteiger charge is -2.26. The Bertz CT molecular complexity index is 488. The van der Waals surface area contributed by atoms with Crippen LogP contribution < -0.4 is 11.1 Å². The van der Waals surface area contributed by atoms with Gasteiger partial charge >= 0.3 is 0 Å². The number of thiazole rings is 1. The maximum atomic E-state index is 12.4. The number of hydrogen-bond donors (Lipinski definition) is 2. The first kappa shape index (κ1) is 16.4. The summed E-state index contributed by atoms with van der Waals surface area (Å²) >= 11 is 1.57. The van der Waals surface area contributed by atoms with E-state index in [0.29, 0.717) is 12.5 Å². The number of hydrogen-bond acceptors (Lipinski definition) is 4. The van der Waals surface area contributed by atoms with Gasteiger partial charge < -0.3 is 11.1 Å². The number of carbonyl (C=O) groups excluding carboxylic acids is 1. The first-order valence-electron chi connectivity index (χ1n) is 8.03. The Kier molecular flexibility index (Phi) is 5.38. The fourth-order valence-electron chi connectivity index (χ4n) is 2.81. The molecule has 0 atom stereocenters. The number of rotatable bonds is 6. The molecule has 2 rings (SSSR count). The average molecular weight is 309 g/mol. The lowest BCUT2D eigenvalue weighted by atomic mass is 9.94. The van der Waals surface area contributed by atoms with Crippen molar-refractivity contribution in [3.63, 3.8) is 0 Å². The third-order valence-electron chi connectivity index (χ3n) is 4.73. The molecular formula is C16H27N3OS. The highest BCUT2D eigenvalue weighted by Gasteiger charge is 2.25. The molecule has 1 saturated carbocycles. The van der Waals surface area contributed by atoms with Crippen LogP contribution in [0.3, 0.4) is 0 Å². The van der Waals surface area contributed by atoms with E-state index in [9.17, 15) is 4.79 Å². The monoisotopic (exact) mass is 309 g/mol. The summed E-state index contributed by atoms with van der Waals surface area (Å²) in [4.78, 5) is 17.8. The van der Waals surface area contributed by atoms with Crippen LogP contribution in [0, 0.1) is 6.92 Å². The van der Waals surface area contributed by atoms with E-state index in [-0.39, 0.29) is 11.4 Å². The van der Waals surface area contributed by atoms with Gasteiger partial charge in [-0.2, -0.15) is 0 Å². The average Bonchev–Trinajstić information content (AvgIpc) is 3.13. The summed E-state index contributed by atoms with van der Waals surface area (Å²) < 4.78 is 0. The number of carbonyl (C=O) groups is 1. The van der Waals surface area contributed by atoms with E-state index >= 15 is 0 Å². The molecule has 4 nitrogen and oxygen atoms in total. The van der Waals surface area contributed by atoms with E-state index in [1.165, 1.54) is 25.7 Å². The molecule has 0 saturated heterocycles. The molecule has 0 aromatic carbocycles. The Balaban J connectivity index is 2.02. The third kappa shape index (κ3) is 3.83. The molecule has 0 unspecified atom stereocenters. The largest absolute Gasteiger partial charge is 0.349 e. The number of aromatic nitrogens is 1. The fourth-order valence-corrected chi connectivity index (χ4v) is 3.96. The quantitative estimate of drug-likeness (QED) is 0.846. The van der Waals surface area contributed by atoms with Crippen LogP contribution in [0.15, 0.2) is 0 Å². The van der Waals surface area contributed by atoms with Gasteiger partial charge in [0.25, 0.3) is 5.91 Å². The van der Waals surface area contributed by atoms with Crippen molar-refractivity contribution in [1.82, 2.24) is 10.3 Å². The van der Waals surface area contributed by atoms with Gasteiger partial charge in [0, 0.05) is 18.0 Å². The molecule has 0 bridgehead atoms. The molecule has 118 valence electrons. The van der Waals surface area contributed by atoms with Crippen LogP contribution in [-0.4, -0.2) is 23.0 Å². The van der Waals surface area contributed by atoms with Crippen LogP contribution in [0.5, 0.6) is 0 Å². The zero-order valence-corrected chi connectivity index (χ0v) is 14.2. The Hall–Kier alpha value is -0.940. The van der Waals surface area contributed by atoms with Crippen LogP contribution in [0.1, 0.15) is 78.7 Å². The zero-order valence-electron chi connectivity index (χ0n) is 13.4.